The summed E-state index contributed by atoms with van der Waals surface area (Å²) in [5.74, 6) is -2.59. The number of imidazole rings is 1. The van der Waals surface area contributed by atoms with Crippen molar-refractivity contribution in [3.63, 3.8) is 0 Å². The quantitative estimate of drug-likeness (QED) is 0.0301. The second kappa shape index (κ2) is 27.5. The first-order valence-electron chi connectivity index (χ1n) is 22.4. The summed E-state index contributed by atoms with van der Waals surface area (Å²) in [6.07, 6.45) is -8.11. The smallest absolute Gasteiger partial charge is 0.386 e. The van der Waals surface area contributed by atoms with Gasteiger partial charge in [0.1, 0.15) is 48.4 Å². The lowest BCUT2D eigenvalue weighted by atomic mass is 9.87. The normalized spacial score (nSPS) is 20.1. The molecule has 408 valence electrons. The van der Waals surface area contributed by atoms with E-state index in [0.717, 1.165) is 41.0 Å². The summed E-state index contributed by atoms with van der Waals surface area (Å²) >= 11 is 0.743. The largest absolute Gasteiger partial charge is 0.481 e. The second-order valence-corrected chi connectivity index (χ2v) is 23.0. The van der Waals surface area contributed by atoms with Crippen molar-refractivity contribution in [1.29, 1.82) is 0 Å². The molecule has 13 N–H and O–H groups in total. The van der Waals surface area contributed by atoms with Crippen LogP contribution in [-0.4, -0.2) is 158 Å². The Morgan fingerprint density at radius 2 is 1.56 bits per heavy atom. The predicted molar refractivity (Wildman–Crippen MR) is 257 cm³/mol. The van der Waals surface area contributed by atoms with Crippen LogP contribution in [0.5, 0.6) is 0 Å². The third-order valence-electron chi connectivity index (χ3n) is 10.6. The van der Waals surface area contributed by atoms with E-state index in [9.17, 15) is 72.6 Å². The Morgan fingerprint density at radius 1 is 0.890 bits per heavy atom. The summed E-state index contributed by atoms with van der Waals surface area (Å²) in [6.45, 7) is 4.41. The number of anilines is 1. The number of hydrogen-bond donors (Lipinski definition) is 12. The third kappa shape index (κ3) is 20.0. The summed E-state index contributed by atoms with van der Waals surface area (Å²) in [4.78, 5) is 115. The number of carbonyl (C=O) groups is 5. The number of aromatic nitrogens is 4. The van der Waals surface area contributed by atoms with Crippen LogP contribution in [0.2, 0.25) is 0 Å². The Labute approximate surface area is 422 Å². The van der Waals surface area contributed by atoms with Gasteiger partial charge in [-0.05, 0) is 30.7 Å². The molecule has 4 rings (SSSR count). The number of fused-ring (bicyclic) bond motifs is 1. The number of aliphatic hydroxyl groups is 3. The minimum Gasteiger partial charge on any atom is -0.386 e. The van der Waals surface area contributed by atoms with Gasteiger partial charge in [0.15, 0.2) is 22.8 Å². The highest BCUT2D eigenvalue weighted by atomic mass is 32.2. The van der Waals surface area contributed by atoms with Crippen LogP contribution < -0.4 is 27.0 Å². The molecule has 3 heterocycles. The zero-order valence-electron chi connectivity index (χ0n) is 40.0. The van der Waals surface area contributed by atoms with Crippen LogP contribution in [0, 0.1) is 11.3 Å². The van der Waals surface area contributed by atoms with E-state index < -0.39 is 120 Å². The second-order valence-electron chi connectivity index (χ2n) is 17.6. The Balaban J connectivity index is 1.16. The van der Waals surface area contributed by atoms with Gasteiger partial charge in [0, 0.05) is 37.2 Å². The van der Waals surface area contributed by atoms with E-state index in [-0.39, 0.29) is 48.7 Å². The maximum absolute atomic E-state index is 12.9. The van der Waals surface area contributed by atoms with Gasteiger partial charge in [0.05, 0.1) is 26.0 Å². The zero-order chi connectivity index (χ0) is 54.3. The van der Waals surface area contributed by atoms with E-state index in [1.165, 1.54) is 13.8 Å². The number of ether oxygens (including phenoxy) is 1. The van der Waals surface area contributed by atoms with Gasteiger partial charge in [-0.2, -0.15) is 4.31 Å². The minimum absolute atomic E-state index is 0.0114. The molecule has 0 radical (unpaired) electrons. The zero-order valence-corrected chi connectivity index (χ0v) is 43.5. The molecule has 33 heteroatoms. The van der Waals surface area contributed by atoms with Gasteiger partial charge in [-0.1, -0.05) is 69.8 Å². The fraction of sp³-hybridized carbons (Fsp3) is 0.600. The summed E-state index contributed by atoms with van der Waals surface area (Å²) in [5, 5.41) is 41.7. The molecule has 2 aromatic heterocycles. The van der Waals surface area contributed by atoms with Crippen molar-refractivity contribution in [1.82, 2.24) is 40.8 Å². The first kappa shape index (κ1) is 61.2. The molecular formula is C40H62N9O20P3S. The molecule has 0 bridgehead atoms. The highest BCUT2D eigenvalue weighted by Gasteiger charge is 2.50. The number of carbonyl (C=O) groups excluding carboxylic acids is 5. The Morgan fingerprint density at radius 3 is 2.23 bits per heavy atom. The molecule has 4 amide bonds. The van der Waals surface area contributed by atoms with Crippen LogP contribution in [0.3, 0.4) is 0 Å². The number of rotatable bonds is 30. The highest BCUT2D eigenvalue weighted by Crippen LogP contribution is 2.61. The fourth-order valence-electron chi connectivity index (χ4n) is 6.70. The molecule has 3 aromatic rings. The molecule has 1 saturated heterocycles. The average Bonchev–Trinajstić information content (AvgIpc) is 3.87. The molecular weight excluding hydrogens is 1050 g/mol. The molecule has 73 heavy (non-hydrogen) atoms. The van der Waals surface area contributed by atoms with Gasteiger partial charge >= 0.3 is 23.5 Å². The summed E-state index contributed by atoms with van der Waals surface area (Å²) in [6, 6.07) is 8.36. The van der Waals surface area contributed by atoms with E-state index in [4.69, 9.17) is 19.5 Å². The number of nitrogen functional groups attached to an aromatic ring is 1. The predicted octanol–water partition coefficient (Wildman–Crippen LogP) is -0.304. The van der Waals surface area contributed by atoms with Gasteiger partial charge < -0.3 is 66.6 Å². The standard InChI is InChI=1S/C40H62N9O20P3S/c1-23(2)12-14-43-36(55)25(11-10-24-8-6-5-7-9-24)48-37(56)26(50)18-29(52)73-17-16-42-28(51)13-15-44-38(57)33(54)40(3,4)20-66-72(63,64)69-71(61,62)65-19-27-32(68-70(58,59)60)31(53)39(67-27)49-22-47-30-34(41)45-21-46-35(30)49/h5-9,21-23,25-27,31-33,39,50,53-54H,10-20H2,1-4H3,(H,42,51)(H,43,55)(H,44,57)(H,48,56)(H,61,62)(H,63,64)(H2,41,45,46)(H2,58,59,60). The molecule has 1 aliphatic rings. The minimum atomic E-state index is -5.62. The third-order valence-corrected chi connectivity index (χ3v) is 14.6. The number of thioether (sulfide) groups is 1. The monoisotopic (exact) mass is 1110 g/mol. The molecule has 1 fully saturated rings. The molecule has 29 nitrogen and oxygen atoms in total. The van der Waals surface area contributed by atoms with Crippen LogP contribution in [0.1, 0.15) is 65.2 Å². The van der Waals surface area contributed by atoms with Gasteiger partial charge in [-0.15, -0.1) is 0 Å². The van der Waals surface area contributed by atoms with Crippen molar-refractivity contribution in [2.75, 3.05) is 44.3 Å². The van der Waals surface area contributed by atoms with Gasteiger partial charge in [0.25, 0.3) is 0 Å². The molecule has 0 spiro atoms. The van der Waals surface area contributed by atoms with Crippen LogP contribution in [0.25, 0.3) is 11.2 Å². The van der Waals surface area contributed by atoms with Crippen molar-refractivity contribution >= 4 is 81.0 Å². The number of phosphoric ester groups is 3. The van der Waals surface area contributed by atoms with Crippen LogP contribution in [0.15, 0.2) is 43.0 Å². The fourth-order valence-corrected chi connectivity index (χ4v) is 10.2. The number of benzene rings is 1. The lowest BCUT2D eigenvalue weighted by Gasteiger charge is -2.30. The van der Waals surface area contributed by atoms with E-state index >= 15 is 0 Å². The van der Waals surface area contributed by atoms with E-state index in [0.29, 0.717) is 18.9 Å². The number of hydrogen-bond acceptors (Lipinski definition) is 21. The summed E-state index contributed by atoms with van der Waals surface area (Å²) < 4.78 is 62.4. The number of nitrogens with two attached hydrogens (primary N) is 1. The number of phosphoric acid groups is 3. The van der Waals surface area contributed by atoms with Crippen molar-refractivity contribution in [3.8, 4) is 0 Å². The lowest BCUT2D eigenvalue weighted by Crippen LogP contribution is -2.50. The number of nitrogens with one attached hydrogen (secondary N) is 4. The van der Waals surface area contributed by atoms with Crippen LogP contribution >= 0.6 is 35.2 Å². The first-order valence-corrected chi connectivity index (χ1v) is 27.9. The SMILES string of the molecule is CC(C)CCNC(=O)C(CCc1ccccc1)NC(=O)C(O)CC(=O)SCCNC(=O)CCNC(=O)C(O)C(C)(C)COP(=O)(O)OP(=O)(O)OCC1OC(n2cnc3c(N)ncnc32)C(O)C1OP(=O)(O)O. The molecule has 1 aliphatic heterocycles. The van der Waals surface area contributed by atoms with E-state index in [2.05, 4.69) is 45.1 Å². The van der Waals surface area contributed by atoms with Crippen molar-refractivity contribution < 1.29 is 95.2 Å². The Kier molecular flexibility index (Phi) is 23.0. The number of aliphatic hydroxyl groups excluding tert-OH is 3. The highest BCUT2D eigenvalue weighted by molar-refractivity contribution is 8.13. The number of amides is 4. The van der Waals surface area contributed by atoms with E-state index in [1.54, 1.807) is 0 Å². The van der Waals surface area contributed by atoms with Crippen molar-refractivity contribution in [3.05, 3.63) is 48.5 Å². The van der Waals surface area contributed by atoms with Crippen LogP contribution in [-0.2, 0) is 66.7 Å². The average molecular weight is 1110 g/mol. The molecule has 0 saturated carbocycles. The van der Waals surface area contributed by atoms with Gasteiger partial charge in [0.2, 0.25) is 23.6 Å². The topological polar surface area (TPSA) is 442 Å². The lowest BCUT2D eigenvalue weighted by molar-refractivity contribution is -0.137. The number of nitrogens with zero attached hydrogens (tertiary/aromatic N) is 4. The molecule has 9 unspecified atom stereocenters. The Bertz CT molecular complexity index is 2510. The van der Waals surface area contributed by atoms with E-state index in [1.807, 2.05) is 44.2 Å². The van der Waals surface area contributed by atoms with Crippen molar-refractivity contribution in [2.24, 2.45) is 11.3 Å². The molecule has 9 atom stereocenters. The maximum atomic E-state index is 12.9. The summed E-state index contributed by atoms with van der Waals surface area (Å²) in [7, 11) is -16.5. The van der Waals surface area contributed by atoms with Gasteiger partial charge in [-0.3, -0.25) is 42.1 Å². The first-order chi connectivity index (χ1) is 34.1. The van der Waals surface area contributed by atoms with Crippen LogP contribution in [0.4, 0.5) is 5.82 Å². The van der Waals surface area contributed by atoms with Gasteiger partial charge in [-0.25, -0.2) is 28.6 Å². The summed E-state index contributed by atoms with van der Waals surface area (Å²) in [5.41, 5.74) is 5.11. The Hall–Kier alpha value is -4.32. The maximum Gasteiger partial charge on any atom is 0.481 e. The molecule has 1 aromatic carbocycles. The molecule has 0 aliphatic carbocycles. The number of aryl methyl sites for hydroxylation is 1. The van der Waals surface area contributed by atoms with Crippen molar-refractivity contribution in [2.45, 2.75) is 103 Å².